The summed E-state index contributed by atoms with van der Waals surface area (Å²) in [5.41, 5.74) is 1.08. The Balaban J connectivity index is 2.35. The predicted molar refractivity (Wildman–Crippen MR) is 75.8 cm³/mol. The minimum absolute atomic E-state index is 0.0315. The van der Waals surface area contributed by atoms with Gasteiger partial charge in [-0.15, -0.1) is 0 Å². The Morgan fingerprint density at radius 3 is 3.00 bits per heavy atom. The van der Waals surface area contributed by atoms with E-state index in [4.69, 9.17) is 11.6 Å². The number of aromatic nitrogens is 1. The maximum absolute atomic E-state index is 9.53. The summed E-state index contributed by atoms with van der Waals surface area (Å²) >= 11 is 9.37. The summed E-state index contributed by atoms with van der Waals surface area (Å²) in [7, 11) is 0. The maximum Gasteiger partial charge on any atom is 0.130 e. The summed E-state index contributed by atoms with van der Waals surface area (Å²) in [5.74, 6) is 0. The highest BCUT2D eigenvalue weighted by atomic mass is 79.9. The molecule has 1 aliphatic heterocycles. The van der Waals surface area contributed by atoms with Crippen LogP contribution in [0.15, 0.2) is 16.7 Å². The molecule has 0 aliphatic carbocycles. The Hall–Kier alpha value is -0.200. The molecule has 0 bridgehead atoms. The van der Waals surface area contributed by atoms with Gasteiger partial charge in [-0.05, 0) is 40.2 Å². The SMILES string of the molecule is CCN1CCN[C@@H](CO)[C@@H]1c1cc(Cl)nc(Br)c1. The highest BCUT2D eigenvalue weighted by Gasteiger charge is 2.31. The zero-order chi connectivity index (χ0) is 13.1. The Labute approximate surface area is 120 Å². The van der Waals surface area contributed by atoms with E-state index in [0.717, 1.165) is 29.8 Å². The third-order valence-electron chi connectivity index (χ3n) is 3.31. The number of rotatable bonds is 3. The van der Waals surface area contributed by atoms with Crippen LogP contribution < -0.4 is 5.32 Å². The lowest BCUT2D eigenvalue weighted by Crippen LogP contribution is -2.54. The number of nitrogens with zero attached hydrogens (tertiary/aromatic N) is 2. The maximum atomic E-state index is 9.53. The lowest BCUT2D eigenvalue weighted by Gasteiger charge is -2.41. The molecule has 6 heteroatoms. The standard InChI is InChI=1S/C12H17BrClN3O/c1-2-17-4-3-15-9(7-18)12(17)8-5-10(13)16-11(14)6-8/h5-6,9,12,15,18H,2-4,7H2,1H3/t9-,12-/m0/s1. The predicted octanol–water partition coefficient (Wildman–Crippen LogP) is 1.82. The van der Waals surface area contributed by atoms with Crippen molar-refractivity contribution in [3.8, 4) is 0 Å². The smallest absolute Gasteiger partial charge is 0.130 e. The third-order valence-corrected chi connectivity index (χ3v) is 3.91. The fourth-order valence-corrected chi connectivity index (χ4v) is 3.29. The van der Waals surface area contributed by atoms with Gasteiger partial charge in [0.2, 0.25) is 0 Å². The molecule has 0 saturated carbocycles. The number of piperazine rings is 1. The first-order valence-corrected chi connectivity index (χ1v) is 7.24. The van der Waals surface area contributed by atoms with Crippen molar-refractivity contribution in [2.45, 2.75) is 19.0 Å². The number of hydrogen-bond donors (Lipinski definition) is 2. The van der Waals surface area contributed by atoms with E-state index in [1.54, 1.807) is 0 Å². The molecule has 0 radical (unpaired) electrons. The molecule has 0 amide bonds. The van der Waals surface area contributed by atoms with Gasteiger partial charge in [-0.3, -0.25) is 4.90 Å². The van der Waals surface area contributed by atoms with Crippen molar-refractivity contribution < 1.29 is 5.11 Å². The summed E-state index contributed by atoms with van der Waals surface area (Å²) in [4.78, 5) is 6.45. The normalized spacial score (nSPS) is 25.3. The van der Waals surface area contributed by atoms with Gasteiger partial charge < -0.3 is 10.4 Å². The second-order valence-electron chi connectivity index (χ2n) is 4.36. The molecule has 18 heavy (non-hydrogen) atoms. The first-order valence-electron chi connectivity index (χ1n) is 6.07. The average molecular weight is 335 g/mol. The van der Waals surface area contributed by atoms with Crippen molar-refractivity contribution in [3.05, 3.63) is 27.5 Å². The zero-order valence-electron chi connectivity index (χ0n) is 10.2. The molecule has 2 N–H and O–H groups in total. The van der Waals surface area contributed by atoms with E-state index >= 15 is 0 Å². The zero-order valence-corrected chi connectivity index (χ0v) is 12.6. The molecule has 1 saturated heterocycles. The third kappa shape index (κ3) is 3.03. The number of hydrogen-bond acceptors (Lipinski definition) is 4. The van der Waals surface area contributed by atoms with E-state index in [-0.39, 0.29) is 18.7 Å². The van der Waals surface area contributed by atoms with Gasteiger partial charge >= 0.3 is 0 Å². The van der Waals surface area contributed by atoms with Crippen LogP contribution in [0.2, 0.25) is 5.15 Å². The Morgan fingerprint density at radius 2 is 2.39 bits per heavy atom. The van der Waals surface area contributed by atoms with Gasteiger partial charge in [0, 0.05) is 19.1 Å². The number of nitrogens with one attached hydrogen (secondary N) is 1. The van der Waals surface area contributed by atoms with Crippen molar-refractivity contribution in [2.75, 3.05) is 26.2 Å². The van der Waals surface area contributed by atoms with E-state index in [0.29, 0.717) is 5.15 Å². The van der Waals surface area contributed by atoms with Gasteiger partial charge in [-0.1, -0.05) is 18.5 Å². The summed E-state index contributed by atoms with van der Waals surface area (Å²) in [6.07, 6.45) is 0. The van der Waals surface area contributed by atoms with Gasteiger partial charge in [0.1, 0.15) is 9.76 Å². The summed E-state index contributed by atoms with van der Waals surface area (Å²) in [5, 5.41) is 13.3. The minimum Gasteiger partial charge on any atom is -0.395 e. The number of aliphatic hydroxyl groups is 1. The van der Waals surface area contributed by atoms with Crippen LogP contribution in [0.4, 0.5) is 0 Å². The van der Waals surface area contributed by atoms with Crippen LogP contribution in [0, 0.1) is 0 Å². The molecule has 1 aromatic rings. The monoisotopic (exact) mass is 333 g/mol. The molecule has 100 valence electrons. The van der Waals surface area contributed by atoms with Crippen LogP contribution in [0.25, 0.3) is 0 Å². The summed E-state index contributed by atoms with van der Waals surface area (Å²) in [6.45, 7) is 5.05. The Bertz CT molecular complexity index is 386. The number of likely N-dealkylation sites (N-methyl/N-ethyl adjacent to an activating group) is 1. The van der Waals surface area contributed by atoms with Crippen molar-refractivity contribution in [3.63, 3.8) is 0 Å². The fraction of sp³-hybridized carbons (Fsp3) is 0.583. The number of aliphatic hydroxyl groups excluding tert-OH is 1. The fourth-order valence-electron chi connectivity index (χ4n) is 2.52. The van der Waals surface area contributed by atoms with Crippen molar-refractivity contribution in [2.24, 2.45) is 0 Å². The lowest BCUT2D eigenvalue weighted by atomic mass is 9.96. The van der Waals surface area contributed by atoms with Gasteiger partial charge in [0.05, 0.1) is 12.6 Å². The molecule has 4 nitrogen and oxygen atoms in total. The van der Waals surface area contributed by atoms with Gasteiger partial charge in [-0.25, -0.2) is 4.98 Å². The van der Waals surface area contributed by atoms with Crippen LogP contribution in [0.5, 0.6) is 0 Å². The molecule has 1 fully saturated rings. The number of halogens is 2. The van der Waals surface area contributed by atoms with Crippen molar-refractivity contribution >= 4 is 27.5 Å². The molecule has 2 rings (SSSR count). The van der Waals surface area contributed by atoms with Crippen molar-refractivity contribution in [1.29, 1.82) is 0 Å². The molecule has 2 heterocycles. The van der Waals surface area contributed by atoms with Gasteiger partial charge in [0.25, 0.3) is 0 Å². The minimum atomic E-state index is 0.0315. The van der Waals surface area contributed by atoms with Crippen LogP contribution in [0.1, 0.15) is 18.5 Å². The Morgan fingerprint density at radius 1 is 1.61 bits per heavy atom. The van der Waals surface area contributed by atoms with E-state index < -0.39 is 0 Å². The summed E-state index contributed by atoms with van der Waals surface area (Å²) in [6, 6.07) is 4.00. The van der Waals surface area contributed by atoms with E-state index in [9.17, 15) is 5.11 Å². The van der Waals surface area contributed by atoms with Crippen LogP contribution in [0.3, 0.4) is 0 Å². The Kier molecular flexibility index (Phi) is 4.98. The molecule has 2 atom stereocenters. The molecule has 0 unspecified atom stereocenters. The van der Waals surface area contributed by atoms with Crippen molar-refractivity contribution in [1.82, 2.24) is 15.2 Å². The van der Waals surface area contributed by atoms with Gasteiger partial charge in [0.15, 0.2) is 0 Å². The molecule has 1 aromatic heterocycles. The highest BCUT2D eigenvalue weighted by molar-refractivity contribution is 9.10. The second-order valence-corrected chi connectivity index (χ2v) is 5.56. The molecule has 1 aliphatic rings. The topological polar surface area (TPSA) is 48.4 Å². The summed E-state index contributed by atoms with van der Waals surface area (Å²) < 4.78 is 0.725. The van der Waals surface area contributed by atoms with Gasteiger partial charge in [-0.2, -0.15) is 0 Å². The molecular weight excluding hydrogens is 318 g/mol. The quantitative estimate of drug-likeness (QED) is 0.828. The van der Waals surface area contributed by atoms with Crippen LogP contribution in [-0.2, 0) is 0 Å². The van der Waals surface area contributed by atoms with E-state index in [1.165, 1.54) is 0 Å². The molecule has 0 spiro atoms. The van der Waals surface area contributed by atoms with Crippen LogP contribution in [-0.4, -0.2) is 47.3 Å². The van der Waals surface area contributed by atoms with E-state index in [2.05, 4.69) is 38.1 Å². The lowest BCUT2D eigenvalue weighted by molar-refractivity contribution is 0.0886. The first-order chi connectivity index (χ1) is 8.65. The molecule has 0 aromatic carbocycles. The van der Waals surface area contributed by atoms with Crippen LogP contribution >= 0.6 is 27.5 Å². The average Bonchev–Trinajstić information content (AvgIpc) is 2.36. The van der Waals surface area contributed by atoms with E-state index in [1.807, 2.05) is 12.1 Å². The first kappa shape index (κ1) is 14.2. The largest absolute Gasteiger partial charge is 0.395 e. The second kappa shape index (κ2) is 6.30. The molecular formula is C12H17BrClN3O. The highest BCUT2D eigenvalue weighted by Crippen LogP contribution is 2.29. The number of pyridine rings is 1.